The zero-order valence-corrected chi connectivity index (χ0v) is 25.3. The number of nitrogens with one attached hydrogen (secondary N) is 1. The molecule has 0 fully saturated rings. The van der Waals surface area contributed by atoms with Crippen molar-refractivity contribution in [1.82, 2.24) is 10.2 Å². The lowest BCUT2D eigenvalue weighted by atomic mass is 10.1. The van der Waals surface area contributed by atoms with Gasteiger partial charge in [0.2, 0.25) is 11.8 Å². The Labute approximate surface area is 243 Å². The highest BCUT2D eigenvalue weighted by Gasteiger charge is 2.33. The molecule has 9 heteroatoms. The van der Waals surface area contributed by atoms with Gasteiger partial charge in [-0.2, -0.15) is 0 Å². The highest BCUT2D eigenvalue weighted by Crippen LogP contribution is 2.26. The number of aryl methyl sites for hydroxylation is 2. The van der Waals surface area contributed by atoms with Crippen LogP contribution in [0.4, 0.5) is 5.69 Å². The third-order valence-electron chi connectivity index (χ3n) is 6.67. The third kappa shape index (κ3) is 7.86. The van der Waals surface area contributed by atoms with E-state index in [2.05, 4.69) is 5.32 Å². The summed E-state index contributed by atoms with van der Waals surface area (Å²) in [5.41, 5.74) is 3.06. The van der Waals surface area contributed by atoms with E-state index in [0.717, 1.165) is 21.0 Å². The Morgan fingerprint density at radius 2 is 1.55 bits per heavy atom. The van der Waals surface area contributed by atoms with Gasteiger partial charge in [0.05, 0.1) is 10.6 Å². The first-order valence-corrected chi connectivity index (χ1v) is 15.2. The van der Waals surface area contributed by atoms with Gasteiger partial charge in [0.15, 0.2) is 0 Å². The van der Waals surface area contributed by atoms with Crippen LogP contribution in [0.1, 0.15) is 43.9 Å². The van der Waals surface area contributed by atoms with Crippen LogP contribution in [0.25, 0.3) is 0 Å². The third-order valence-corrected chi connectivity index (χ3v) is 8.71. The fourth-order valence-electron chi connectivity index (χ4n) is 4.29. The largest absolute Gasteiger partial charge is 0.354 e. The fourth-order valence-corrected chi connectivity index (χ4v) is 5.83. The molecule has 0 heterocycles. The SMILES string of the molecule is CC[C@@H](C(=O)NCC(C)C)N(Cc1ccccc1C)C(=O)CN(c1ccc(Cl)cc1)S(=O)(=O)c1ccc(C)cc1. The van der Waals surface area contributed by atoms with Crippen molar-refractivity contribution in [2.24, 2.45) is 5.92 Å². The Balaban J connectivity index is 2.05. The van der Waals surface area contributed by atoms with E-state index >= 15 is 0 Å². The number of nitrogens with zero attached hydrogens (tertiary/aromatic N) is 2. The molecule has 2 amide bonds. The molecule has 214 valence electrons. The highest BCUT2D eigenvalue weighted by molar-refractivity contribution is 7.92. The summed E-state index contributed by atoms with van der Waals surface area (Å²) in [7, 11) is -4.13. The van der Waals surface area contributed by atoms with Crippen LogP contribution in [0.15, 0.2) is 77.7 Å². The maximum atomic E-state index is 14.1. The van der Waals surface area contributed by atoms with Gasteiger partial charge in [-0.3, -0.25) is 13.9 Å². The summed E-state index contributed by atoms with van der Waals surface area (Å²) >= 11 is 6.09. The van der Waals surface area contributed by atoms with Gasteiger partial charge in [-0.25, -0.2) is 8.42 Å². The molecular weight excluding hydrogens is 546 g/mol. The van der Waals surface area contributed by atoms with Gasteiger partial charge in [0, 0.05) is 18.1 Å². The Bertz CT molecular complexity index is 1410. The van der Waals surface area contributed by atoms with Gasteiger partial charge >= 0.3 is 0 Å². The number of amides is 2. The molecule has 1 N–H and O–H groups in total. The predicted octanol–water partition coefficient (Wildman–Crippen LogP) is 5.73. The second-order valence-electron chi connectivity index (χ2n) is 10.3. The lowest BCUT2D eigenvalue weighted by Crippen LogP contribution is -2.52. The van der Waals surface area contributed by atoms with Gasteiger partial charge in [0.1, 0.15) is 12.6 Å². The molecule has 0 radical (unpaired) electrons. The lowest BCUT2D eigenvalue weighted by molar-refractivity contribution is -0.140. The fraction of sp³-hybridized carbons (Fsp3) is 0.355. The number of anilines is 1. The second-order valence-corrected chi connectivity index (χ2v) is 12.6. The summed E-state index contributed by atoms with van der Waals surface area (Å²) in [4.78, 5) is 28.9. The summed E-state index contributed by atoms with van der Waals surface area (Å²) in [6.07, 6.45) is 0.368. The van der Waals surface area contributed by atoms with Crippen molar-refractivity contribution in [3.63, 3.8) is 0 Å². The normalized spacial score (nSPS) is 12.2. The Morgan fingerprint density at radius 3 is 2.12 bits per heavy atom. The zero-order chi connectivity index (χ0) is 29.4. The number of halogens is 1. The summed E-state index contributed by atoms with van der Waals surface area (Å²) in [6.45, 7) is 9.80. The van der Waals surface area contributed by atoms with Crippen molar-refractivity contribution >= 4 is 39.1 Å². The van der Waals surface area contributed by atoms with E-state index in [1.54, 1.807) is 36.4 Å². The summed E-state index contributed by atoms with van der Waals surface area (Å²) in [5, 5.41) is 3.38. The van der Waals surface area contributed by atoms with E-state index in [9.17, 15) is 18.0 Å². The van der Waals surface area contributed by atoms with Crippen molar-refractivity contribution in [2.45, 2.75) is 58.5 Å². The number of benzene rings is 3. The van der Waals surface area contributed by atoms with Crippen LogP contribution in [-0.2, 0) is 26.2 Å². The van der Waals surface area contributed by atoms with Gasteiger partial charge in [-0.1, -0.05) is 74.3 Å². The van der Waals surface area contributed by atoms with Crippen LogP contribution < -0.4 is 9.62 Å². The van der Waals surface area contributed by atoms with E-state index in [1.165, 1.54) is 17.0 Å². The molecule has 3 aromatic carbocycles. The first-order chi connectivity index (χ1) is 18.9. The molecule has 0 spiro atoms. The predicted molar refractivity (Wildman–Crippen MR) is 161 cm³/mol. The smallest absolute Gasteiger partial charge is 0.264 e. The summed E-state index contributed by atoms with van der Waals surface area (Å²) in [5.74, 6) is -0.514. The Kier molecular flexibility index (Phi) is 10.8. The van der Waals surface area contributed by atoms with Crippen LogP contribution in [0.5, 0.6) is 0 Å². The number of hydrogen-bond donors (Lipinski definition) is 1. The first kappa shape index (κ1) is 31.2. The minimum atomic E-state index is -4.13. The number of carbonyl (C=O) groups excluding carboxylic acids is 2. The standard InChI is InChI=1S/C31H38ClN3O4S/c1-6-29(31(37)33-19-22(2)3)34(20-25-10-8-7-9-24(25)5)30(36)21-35(27-15-13-26(32)14-16-27)40(38,39)28-17-11-23(4)12-18-28/h7-18,22,29H,6,19-21H2,1-5H3,(H,33,37)/t29-/m0/s1. The molecule has 0 unspecified atom stereocenters. The molecule has 40 heavy (non-hydrogen) atoms. The van der Waals surface area contributed by atoms with Crippen molar-refractivity contribution in [1.29, 1.82) is 0 Å². The van der Waals surface area contributed by atoms with Gasteiger partial charge in [0.25, 0.3) is 10.0 Å². The molecular formula is C31H38ClN3O4S. The molecule has 1 atom stereocenters. The topological polar surface area (TPSA) is 86.8 Å². The van der Waals surface area contributed by atoms with Crippen LogP contribution >= 0.6 is 11.6 Å². The van der Waals surface area contributed by atoms with E-state index in [-0.39, 0.29) is 23.3 Å². The minimum absolute atomic E-state index is 0.0630. The van der Waals surface area contributed by atoms with Crippen molar-refractivity contribution in [2.75, 3.05) is 17.4 Å². The van der Waals surface area contributed by atoms with E-state index in [0.29, 0.717) is 23.7 Å². The molecule has 3 rings (SSSR count). The van der Waals surface area contributed by atoms with Gasteiger partial charge in [-0.05, 0) is 73.7 Å². The Hall–Kier alpha value is -3.36. The highest BCUT2D eigenvalue weighted by atomic mass is 35.5. The van der Waals surface area contributed by atoms with Gasteiger partial charge in [-0.15, -0.1) is 0 Å². The van der Waals surface area contributed by atoms with E-state index < -0.39 is 28.5 Å². The van der Waals surface area contributed by atoms with Crippen molar-refractivity contribution in [3.05, 3.63) is 94.5 Å². The quantitative estimate of drug-likeness (QED) is 0.295. The van der Waals surface area contributed by atoms with Crippen LogP contribution in [-0.4, -0.2) is 44.3 Å². The molecule has 0 saturated carbocycles. The average Bonchev–Trinajstić information content (AvgIpc) is 2.92. The molecule has 0 aliphatic carbocycles. The Morgan fingerprint density at radius 1 is 0.925 bits per heavy atom. The van der Waals surface area contributed by atoms with Gasteiger partial charge < -0.3 is 10.2 Å². The van der Waals surface area contributed by atoms with Crippen molar-refractivity contribution < 1.29 is 18.0 Å². The number of sulfonamides is 1. The molecule has 0 saturated heterocycles. The van der Waals surface area contributed by atoms with Crippen LogP contribution in [0.2, 0.25) is 5.02 Å². The van der Waals surface area contributed by atoms with E-state index in [1.807, 2.05) is 58.9 Å². The molecule has 0 bridgehead atoms. The maximum absolute atomic E-state index is 14.1. The second kappa shape index (κ2) is 13.8. The number of carbonyl (C=O) groups is 2. The molecule has 7 nitrogen and oxygen atoms in total. The summed E-state index contributed by atoms with van der Waals surface area (Å²) in [6, 6.07) is 19.6. The monoisotopic (exact) mass is 583 g/mol. The minimum Gasteiger partial charge on any atom is -0.354 e. The molecule has 0 aliphatic rings. The maximum Gasteiger partial charge on any atom is 0.264 e. The zero-order valence-electron chi connectivity index (χ0n) is 23.7. The molecule has 0 aromatic heterocycles. The molecule has 3 aromatic rings. The van der Waals surface area contributed by atoms with Crippen LogP contribution in [0.3, 0.4) is 0 Å². The molecule has 0 aliphatic heterocycles. The lowest BCUT2D eigenvalue weighted by Gasteiger charge is -2.33. The number of hydrogen-bond acceptors (Lipinski definition) is 4. The van der Waals surface area contributed by atoms with E-state index in [4.69, 9.17) is 11.6 Å². The number of rotatable bonds is 12. The van der Waals surface area contributed by atoms with Crippen LogP contribution in [0, 0.1) is 19.8 Å². The average molecular weight is 584 g/mol. The first-order valence-electron chi connectivity index (χ1n) is 13.4. The van der Waals surface area contributed by atoms with Crippen molar-refractivity contribution in [3.8, 4) is 0 Å². The summed E-state index contributed by atoms with van der Waals surface area (Å²) < 4.78 is 28.9.